The lowest BCUT2D eigenvalue weighted by molar-refractivity contribution is -0.119. The van der Waals surface area contributed by atoms with Crippen molar-refractivity contribution in [3.63, 3.8) is 0 Å². The number of carbonyl (C=O) groups excluding carboxylic acids is 2. The van der Waals surface area contributed by atoms with Crippen LogP contribution in [0.2, 0.25) is 0 Å². The molecule has 6 heteroatoms. The van der Waals surface area contributed by atoms with Gasteiger partial charge in [0.15, 0.2) is 0 Å². The minimum Gasteiger partial charge on any atom is -0.491 e. The molecule has 0 unspecified atom stereocenters. The number of ether oxygens (including phenoxy) is 1. The third kappa shape index (κ3) is 8.99. The second-order valence-corrected chi connectivity index (χ2v) is 7.53. The molecule has 0 saturated carbocycles. The van der Waals surface area contributed by atoms with Crippen LogP contribution in [-0.4, -0.2) is 24.5 Å². The van der Waals surface area contributed by atoms with Crippen LogP contribution in [0.25, 0.3) is 0 Å². The minimum atomic E-state index is -0.105. The normalized spacial score (nSPS) is 10.5. The summed E-state index contributed by atoms with van der Waals surface area (Å²) >= 11 is 0. The maximum atomic E-state index is 12.1. The largest absolute Gasteiger partial charge is 0.491 e. The maximum Gasteiger partial charge on any atom is 0.239 e. The fraction of sp³-hybridized carbons (Fsp3) is 0.417. The predicted octanol–water partition coefficient (Wildman–Crippen LogP) is 4.72. The van der Waals surface area contributed by atoms with Gasteiger partial charge in [0.05, 0.1) is 12.6 Å². The van der Waals surface area contributed by atoms with Crippen molar-refractivity contribution in [1.82, 2.24) is 5.32 Å². The highest BCUT2D eigenvalue weighted by Gasteiger charge is 2.05. The smallest absolute Gasteiger partial charge is 0.239 e. The zero-order valence-corrected chi connectivity index (χ0v) is 18.2. The number of hydrogen-bond donors (Lipinski definition) is 3. The van der Waals surface area contributed by atoms with Crippen molar-refractivity contribution in [1.29, 1.82) is 0 Å². The lowest BCUT2D eigenvalue weighted by Gasteiger charge is -2.11. The van der Waals surface area contributed by atoms with E-state index in [1.807, 2.05) is 62.4 Å². The first-order chi connectivity index (χ1) is 14.5. The van der Waals surface area contributed by atoms with Crippen LogP contribution in [0.4, 0.5) is 11.4 Å². The highest BCUT2D eigenvalue weighted by Crippen LogP contribution is 2.16. The third-order valence-electron chi connectivity index (χ3n) is 4.39. The van der Waals surface area contributed by atoms with Gasteiger partial charge in [0, 0.05) is 24.3 Å². The average Bonchev–Trinajstić information content (AvgIpc) is 2.72. The molecule has 0 aromatic heterocycles. The van der Waals surface area contributed by atoms with Crippen LogP contribution in [0.3, 0.4) is 0 Å². The van der Waals surface area contributed by atoms with Crippen molar-refractivity contribution in [3.8, 4) is 5.75 Å². The summed E-state index contributed by atoms with van der Waals surface area (Å²) < 4.78 is 5.62. The monoisotopic (exact) mass is 411 g/mol. The Balaban J connectivity index is 1.74. The topological polar surface area (TPSA) is 79.5 Å². The Hall–Kier alpha value is -3.02. The van der Waals surface area contributed by atoms with Gasteiger partial charge in [-0.1, -0.05) is 38.0 Å². The molecule has 162 valence electrons. The highest BCUT2D eigenvalue weighted by atomic mass is 16.5. The molecule has 0 radical (unpaired) electrons. The summed E-state index contributed by atoms with van der Waals surface area (Å²) in [6.07, 6.45) is 3.70. The summed E-state index contributed by atoms with van der Waals surface area (Å²) in [7, 11) is 0. The zero-order chi connectivity index (χ0) is 21.8. The van der Waals surface area contributed by atoms with Crippen molar-refractivity contribution in [2.45, 2.75) is 59.1 Å². The fourth-order valence-corrected chi connectivity index (χ4v) is 2.87. The van der Waals surface area contributed by atoms with Gasteiger partial charge in [0.25, 0.3) is 0 Å². The third-order valence-corrected chi connectivity index (χ3v) is 4.39. The first kappa shape index (κ1) is 23.3. The second-order valence-electron chi connectivity index (χ2n) is 7.53. The predicted molar refractivity (Wildman–Crippen MR) is 122 cm³/mol. The van der Waals surface area contributed by atoms with Gasteiger partial charge in [-0.2, -0.15) is 0 Å². The molecule has 0 saturated heterocycles. The van der Waals surface area contributed by atoms with Gasteiger partial charge in [0.2, 0.25) is 11.8 Å². The summed E-state index contributed by atoms with van der Waals surface area (Å²) in [5.41, 5.74) is 2.52. The molecule has 0 fully saturated rings. The Morgan fingerprint density at radius 1 is 0.967 bits per heavy atom. The SMILES string of the molecule is CCCCCC(=O)Nc1cccc(NCC(=O)NCc2ccc(OC(C)C)cc2)c1. The van der Waals surface area contributed by atoms with E-state index in [0.29, 0.717) is 13.0 Å². The van der Waals surface area contributed by atoms with E-state index in [2.05, 4.69) is 22.9 Å². The van der Waals surface area contributed by atoms with Crippen LogP contribution in [0.1, 0.15) is 52.0 Å². The van der Waals surface area contributed by atoms with Crippen molar-refractivity contribution in [2.24, 2.45) is 0 Å². The van der Waals surface area contributed by atoms with Gasteiger partial charge >= 0.3 is 0 Å². The van der Waals surface area contributed by atoms with Gasteiger partial charge in [-0.3, -0.25) is 9.59 Å². The van der Waals surface area contributed by atoms with Crippen molar-refractivity contribution >= 4 is 23.2 Å². The second kappa shape index (κ2) is 12.5. The summed E-state index contributed by atoms with van der Waals surface area (Å²) in [6.45, 7) is 6.69. The van der Waals surface area contributed by atoms with E-state index in [-0.39, 0.29) is 24.5 Å². The highest BCUT2D eigenvalue weighted by molar-refractivity contribution is 5.91. The van der Waals surface area contributed by atoms with Crippen LogP contribution in [-0.2, 0) is 16.1 Å². The Kier molecular flexibility index (Phi) is 9.71. The first-order valence-electron chi connectivity index (χ1n) is 10.6. The lowest BCUT2D eigenvalue weighted by atomic mass is 10.2. The number of nitrogens with one attached hydrogen (secondary N) is 3. The Labute approximate surface area is 179 Å². The molecule has 3 N–H and O–H groups in total. The van der Waals surface area contributed by atoms with Gasteiger partial charge in [-0.25, -0.2) is 0 Å². The first-order valence-corrected chi connectivity index (χ1v) is 10.6. The van der Waals surface area contributed by atoms with E-state index in [1.54, 1.807) is 0 Å². The molecular weight excluding hydrogens is 378 g/mol. The Bertz CT molecular complexity index is 804. The molecule has 0 aliphatic heterocycles. The van der Waals surface area contributed by atoms with Gasteiger partial charge < -0.3 is 20.7 Å². The summed E-state index contributed by atoms with van der Waals surface area (Å²) in [6, 6.07) is 15.1. The molecule has 6 nitrogen and oxygen atoms in total. The molecule has 0 aliphatic carbocycles. The average molecular weight is 412 g/mol. The number of amides is 2. The zero-order valence-electron chi connectivity index (χ0n) is 18.2. The van der Waals surface area contributed by atoms with Crippen LogP contribution >= 0.6 is 0 Å². The summed E-state index contributed by atoms with van der Waals surface area (Å²) in [5, 5.41) is 8.89. The summed E-state index contributed by atoms with van der Waals surface area (Å²) in [5.74, 6) is 0.730. The standard InChI is InChI=1S/C24H33N3O3/c1-4-5-6-10-23(28)27-21-9-7-8-20(15-21)25-17-24(29)26-16-19-11-13-22(14-12-19)30-18(2)3/h7-9,11-15,18,25H,4-6,10,16-17H2,1-3H3,(H,26,29)(H,27,28). The van der Waals surface area contributed by atoms with Gasteiger partial charge in [-0.05, 0) is 56.2 Å². The molecule has 2 aromatic rings. The van der Waals surface area contributed by atoms with Crippen LogP contribution in [0, 0.1) is 0 Å². The van der Waals surface area contributed by atoms with E-state index in [1.165, 1.54) is 0 Å². The van der Waals surface area contributed by atoms with Crippen molar-refractivity contribution in [2.75, 3.05) is 17.2 Å². The number of unbranched alkanes of at least 4 members (excludes halogenated alkanes) is 2. The Morgan fingerprint density at radius 3 is 2.40 bits per heavy atom. The van der Waals surface area contributed by atoms with Crippen LogP contribution in [0.15, 0.2) is 48.5 Å². The van der Waals surface area contributed by atoms with Crippen molar-refractivity contribution in [3.05, 3.63) is 54.1 Å². The Morgan fingerprint density at radius 2 is 1.70 bits per heavy atom. The molecule has 0 atom stereocenters. The number of rotatable bonds is 12. The number of hydrogen-bond acceptors (Lipinski definition) is 4. The molecule has 30 heavy (non-hydrogen) atoms. The van der Waals surface area contributed by atoms with Crippen LogP contribution in [0.5, 0.6) is 5.75 Å². The number of anilines is 2. The number of carbonyl (C=O) groups is 2. The molecule has 0 heterocycles. The molecule has 2 rings (SSSR count). The maximum absolute atomic E-state index is 12.1. The molecular formula is C24H33N3O3. The van der Waals surface area contributed by atoms with E-state index in [0.717, 1.165) is 42.0 Å². The molecule has 0 spiro atoms. The fourth-order valence-electron chi connectivity index (χ4n) is 2.87. The molecule has 0 bridgehead atoms. The van der Waals surface area contributed by atoms with E-state index < -0.39 is 0 Å². The van der Waals surface area contributed by atoms with Crippen molar-refractivity contribution < 1.29 is 14.3 Å². The molecule has 2 amide bonds. The summed E-state index contributed by atoms with van der Waals surface area (Å²) in [4.78, 5) is 24.1. The quantitative estimate of drug-likeness (QED) is 0.442. The van der Waals surface area contributed by atoms with E-state index in [9.17, 15) is 9.59 Å². The van der Waals surface area contributed by atoms with Gasteiger partial charge in [0.1, 0.15) is 5.75 Å². The number of benzene rings is 2. The van der Waals surface area contributed by atoms with E-state index in [4.69, 9.17) is 4.74 Å². The molecule has 2 aromatic carbocycles. The molecule has 0 aliphatic rings. The lowest BCUT2D eigenvalue weighted by Crippen LogP contribution is -2.29. The minimum absolute atomic E-state index is 0.0168. The van der Waals surface area contributed by atoms with E-state index >= 15 is 0 Å². The van der Waals surface area contributed by atoms with Gasteiger partial charge in [-0.15, -0.1) is 0 Å². The van der Waals surface area contributed by atoms with Crippen LogP contribution < -0.4 is 20.7 Å².